The Morgan fingerprint density at radius 3 is 2.56 bits per heavy atom. The van der Waals surface area contributed by atoms with Gasteiger partial charge in [0.15, 0.2) is 11.5 Å². The van der Waals surface area contributed by atoms with Gasteiger partial charge in [-0.05, 0) is 32.6 Å². The Morgan fingerprint density at radius 1 is 1.12 bits per heavy atom. The van der Waals surface area contributed by atoms with Crippen LogP contribution < -0.4 is 10.2 Å². The molecule has 2 fully saturated rings. The Labute approximate surface area is 148 Å². The number of nitrogens with one attached hydrogen (secondary N) is 1. The summed E-state index contributed by atoms with van der Waals surface area (Å²) >= 11 is 0. The summed E-state index contributed by atoms with van der Waals surface area (Å²) in [7, 11) is 0. The normalized spacial score (nSPS) is 19.3. The Bertz CT molecular complexity index is 755. The van der Waals surface area contributed by atoms with Gasteiger partial charge in [-0.25, -0.2) is 9.50 Å². The highest BCUT2D eigenvalue weighted by Crippen LogP contribution is 2.25. The maximum atomic E-state index is 12.7. The minimum absolute atomic E-state index is 0.0550. The van der Waals surface area contributed by atoms with E-state index in [0.717, 1.165) is 43.0 Å². The zero-order valence-electron chi connectivity index (χ0n) is 15.0. The molecule has 0 atom stereocenters. The van der Waals surface area contributed by atoms with Crippen LogP contribution in [-0.2, 0) is 0 Å². The van der Waals surface area contributed by atoms with Crippen LogP contribution in [0.15, 0.2) is 12.3 Å². The molecule has 0 unspecified atom stereocenters. The number of rotatable bonds is 3. The van der Waals surface area contributed by atoms with Crippen LogP contribution in [0.3, 0.4) is 0 Å². The van der Waals surface area contributed by atoms with E-state index in [0.29, 0.717) is 5.69 Å². The molecule has 6 nitrogen and oxygen atoms in total. The molecule has 0 radical (unpaired) electrons. The number of fused-ring (bicyclic) bond motifs is 1. The molecule has 25 heavy (non-hydrogen) atoms. The molecule has 2 aromatic rings. The number of hydrogen-bond acceptors (Lipinski definition) is 4. The van der Waals surface area contributed by atoms with Crippen molar-refractivity contribution < 1.29 is 4.79 Å². The van der Waals surface area contributed by atoms with E-state index in [9.17, 15) is 4.79 Å². The van der Waals surface area contributed by atoms with Gasteiger partial charge < -0.3 is 10.2 Å². The minimum Gasteiger partial charge on any atom is -0.355 e. The lowest BCUT2D eigenvalue weighted by molar-refractivity contribution is 0.0928. The maximum absolute atomic E-state index is 12.7. The van der Waals surface area contributed by atoms with E-state index in [1.165, 1.54) is 38.5 Å². The van der Waals surface area contributed by atoms with Gasteiger partial charge in [-0.15, -0.1) is 0 Å². The quantitative estimate of drug-likeness (QED) is 0.872. The fourth-order valence-electron chi connectivity index (χ4n) is 4.05. The zero-order valence-corrected chi connectivity index (χ0v) is 15.0. The lowest BCUT2D eigenvalue weighted by Gasteiger charge is -2.17. The molecule has 4 rings (SSSR count). The van der Waals surface area contributed by atoms with Gasteiger partial charge in [0.2, 0.25) is 0 Å². The van der Waals surface area contributed by atoms with E-state index in [1.807, 2.05) is 23.7 Å². The molecule has 2 aliphatic rings. The van der Waals surface area contributed by atoms with Crippen molar-refractivity contribution in [3.8, 4) is 0 Å². The molecular weight excluding hydrogens is 314 g/mol. The lowest BCUT2D eigenvalue weighted by atomic mass is 10.1. The predicted octanol–water partition coefficient (Wildman–Crippen LogP) is 3.09. The summed E-state index contributed by atoms with van der Waals surface area (Å²) in [6.45, 7) is 4.04. The summed E-state index contributed by atoms with van der Waals surface area (Å²) in [4.78, 5) is 19.7. The van der Waals surface area contributed by atoms with E-state index < -0.39 is 0 Å². The second-order valence-electron chi connectivity index (χ2n) is 7.42. The number of anilines is 1. The molecule has 1 aliphatic carbocycles. The van der Waals surface area contributed by atoms with Gasteiger partial charge >= 0.3 is 0 Å². The summed E-state index contributed by atoms with van der Waals surface area (Å²) in [6, 6.07) is 2.18. The van der Waals surface area contributed by atoms with Crippen molar-refractivity contribution in [2.24, 2.45) is 0 Å². The molecule has 0 spiro atoms. The number of carbonyl (C=O) groups is 1. The largest absolute Gasteiger partial charge is 0.355 e. The molecule has 1 N–H and O–H groups in total. The van der Waals surface area contributed by atoms with Crippen LogP contribution >= 0.6 is 0 Å². The number of nitrogens with zero attached hydrogens (tertiary/aromatic N) is 4. The number of carbonyl (C=O) groups excluding carboxylic acids is 1. The van der Waals surface area contributed by atoms with Crippen LogP contribution in [0.1, 0.15) is 67.5 Å². The van der Waals surface area contributed by atoms with Crippen molar-refractivity contribution in [1.29, 1.82) is 0 Å². The van der Waals surface area contributed by atoms with Crippen LogP contribution in [0.4, 0.5) is 5.82 Å². The van der Waals surface area contributed by atoms with Gasteiger partial charge in [0.1, 0.15) is 5.52 Å². The first-order valence-electron chi connectivity index (χ1n) is 9.63. The average Bonchev–Trinajstić information content (AvgIpc) is 3.20. The van der Waals surface area contributed by atoms with Gasteiger partial charge in [-0.2, -0.15) is 5.10 Å². The fraction of sp³-hybridized carbons (Fsp3) is 0.632. The molecule has 0 bridgehead atoms. The van der Waals surface area contributed by atoms with Gasteiger partial charge in [0.05, 0.1) is 11.9 Å². The molecule has 0 aromatic carbocycles. The first-order valence-corrected chi connectivity index (χ1v) is 9.63. The average molecular weight is 341 g/mol. The highest BCUT2D eigenvalue weighted by molar-refractivity contribution is 5.94. The molecule has 1 amide bonds. The first-order chi connectivity index (χ1) is 12.2. The van der Waals surface area contributed by atoms with E-state index in [2.05, 4.69) is 15.3 Å². The highest BCUT2D eigenvalue weighted by Gasteiger charge is 2.22. The smallest absolute Gasteiger partial charge is 0.272 e. The third kappa shape index (κ3) is 3.48. The topological polar surface area (TPSA) is 62.5 Å². The van der Waals surface area contributed by atoms with Crippen LogP contribution in [-0.4, -0.2) is 39.6 Å². The summed E-state index contributed by atoms with van der Waals surface area (Å²) < 4.78 is 1.82. The number of aryl methyl sites for hydroxylation is 1. The molecule has 134 valence electrons. The summed E-state index contributed by atoms with van der Waals surface area (Å²) in [5.74, 6) is 0.902. The summed E-state index contributed by atoms with van der Waals surface area (Å²) in [5, 5.41) is 7.72. The van der Waals surface area contributed by atoms with Crippen LogP contribution in [0.25, 0.3) is 5.52 Å². The Balaban J connectivity index is 1.59. The lowest BCUT2D eigenvalue weighted by Crippen LogP contribution is -2.34. The molecule has 1 saturated heterocycles. The molecule has 1 saturated carbocycles. The van der Waals surface area contributed by atoms with Crippen molar-refractivity contribution in [2.75, 3.05) is 18.0 Å². The third-order valence-electron chi connectivity index (χ3n) is 5.38. The van der Waals surface area contributed by atoms with E-state index >= 15 is 0 Å². The van der Waals surface area contributed by atoms with Gasteiger partial charge in [0, 0.05) is 25.2 Å². The van der Waals surface area contributed by atoms with Crippen LogP contribution in [0.5, 0.6) is 0 Å². The van der Waals surface area contributed by atoms with Crippen molar-refractivity contribution in [1.82, 2.24) is 19.9 Å². The molecule has 1 aliphatic heterocycles. The molecule has 2 aromatic heterocycles. The predicted molar refractivity (Wildman–Crippen MR) is 98.1 cm³/mol. The van der Waals surface area contributed by atoms with Crippen molar-refractivity contribution >= 4 is 17.2 Å². The van der Waals surface area contributed by atoms with Gasteiger partial charge in [-0.1, -0.05) is 25.7 Å². The fourth-order valence-corrected chi connectivity index (χ4v) is 4.05. The second-order valence-corrected chi connectivity index (χ2v) is 7.42. The van der Waals surface area contributed by atoms with E-state index in [4.69, 9.17) is 4.98 Å². The third-order valence-corrected chi connectivity index (χ3v) is 5.38. The Kier molecular flexibility index (Phi) is 4.59. The number of aromatic nitrogens is 3. The van der Waals surface area contributed by atoms with Crippen molar-refractivity contribution in [2.45, 2.75) is 64.3 Å². The number of hydrogen-bond donors (Lipinski definition) is 1. The Hall–Kier alpha value is -2.11. The summed E-state index contributed by atoms with van der Waals surface area (Å²) in [5.41, 5.74) is 2.35. The number of amides is 1. The molecule has 3 heterocycles. The van der Waals surface area contributed by atoms with Crippen molar-refractivity contribution in [3.05, 3.63) is 23.7 Å². The highest BCUT2D eigenvalue weighted by atomic mass is 16.2. The van der Waals surface area contributed by atoms with Gasteiger partial charge in [0.25, 0.3) is 5.91 Å². The van der Waals surface area contributed by atoms with Gasteiger partial charge in [-0.3, -0.25) is 4.79 Å². The van der Waals surface area contributed by atoms with E-state index in [1.54, 1.807) is 0 Å². The Morgan fingerprint density at radius 2 is 1.84 bits per heavy atom. The molecule has 6 heteroatoms. The van der Waals surface area contributed by atoms with E-state index in [-0.39, 0.29) is 11.9 Å². The monoisotopic (exact) mass is 341 g/mol. The van der Waals surface area contributed by atoms with Crippen LogP contribution in [0, 0.1) is 6.92 Å². The maximum Gasteiger partial charge on any atom is 0.272 e. The first kappa shape index (κ1) is 16.4. The molecular formula is C19H27N5O. The second kappa shape index (κ2) is 7.02. The van der Waals surface area contributed by atoms with Crippen LogP contribution in [0.2, 0.25) is 0 Å². The SMILES string of the molecule is Cc1cn2nc(C(=O)NC3CCCCCC3)cc2c(N2CCCC2)n1. The van der Waals surface area contributed by atoms with Crippen molar-refractivity contribution in [3.63, 3.8) is 0 Å². The standard InChI is InChI=1S/C19H27N5O/c1-14-13-24-17(18(20-14)23-10-6-7-11-23)12-16(22-24)19(25)21-15-8-4-2-3-5-9-15/h12-13,15H,2-11H2,1H3,(H,21,25). The minimum atomic E-state index is -0.0550. The summed E-state index contributed by atoms with van der Waals surface area (Å²) in [6.07, 6.45) is 11.4. The zero-order chi connectivity index (χ0) is 17.2.